The summed E-state index contributed by atoms with van der Waals surface area (Å²) < 4.78 is 13.7. The van der Waals surface area contributed by atoms with Crippen molar-refractivity contribution in [3.8, 4) is 5.75 Å². The van der Waals surface area contributed by atoms with Crippen molar-refractivity contribution in [1.82, 2.24) is 29.5 Å². The number of hydrogen-bond acceptors (Lipinski definition) is 9. The Balaban J connectivity index is 1.14. The van der Waals surface area contributed by atoms with Crippen molar-refractivity contribution in [2.75, 3.05) is 36.5 Å². The number of rotatable bonds is 5. The summed E-state index contributed by atoms with van der Waals surface area (Å²) in [5, 5.41) is 7.63. The summed E-state index contributed by atoms with van der Waals surface area (Å²) in [4.78, 5) is 20.1. The normalized spacial score (nSPS) is 21.4. The zero-order valence-corrected chi connectivity index (χ0v) is 18.3. The van der Waals surface area contributed by atoms with Crippen molar-refractivity contribution >= 4 is 28.2 Å². The van der Waals surface area contributed by atoms with Crippen molar-refractivity contribution in [3.63, 3.8) is 0 Å². The van der Waals surface area contributed by atoms with E-state index in [1.807, 2.05) is 6.07 Å². The molecule has 1 saturated carbocycles. The predicted molar refractivity (Wildman–Crippen MR) is 124 cm³/mol. The molecular formula is C23H26N8O2. The maximum Gasteiger partial charge on any atom is 0.160 e. The fraction of sp³-hybridized carbons (Fsp3) is 0.435. The van der Waals surface area contributed by atoms with Crippen LogP contribution < -0.4 is 15.0 Å². The van der Waals surface area contributed by atoms with Crippen LogP contribution >= 0.6 is 0 Å². The van der Waals surface area contributed by atoms with Gasteiger partial charge in [0, 0.05) is 49.3 Å². The molecule has 4 aromatic rings. The molecule has 10 heteroatoms. The lowest BCUT2D eigenvalue weighted by atomic mass is 9.93. The Morgan fingerprint density at radius 3 is 2.67 bits per heavy atom. The minimum Gasteiger partial charge on any atom is -0.488 e. The minimum absolute atomic E-state index is 0.153. The van der Waals surface area contributed by atoms with Gasteiger partial charge in [0.05, 0.1) is 24.8 Å². The molecule has 0 bridgehead atoms. The Morgan fingerprint density at radius 1 is 0.939 bits per heavy atom. The van der Waals surface area contributed by atoms with Crippen LogP contribution in [0.25, 0.3) is 16.7 Å². The molecule has 1 N–H and O–H groups in total. The summed E-state index contributed by atoms with van der Waals surface area (Å²) in [5.74, 6) is 1.65. The molecule has 4 heterocycles. The van der Waals surface area contributed by atoms with Crippen molar-refractivity contribution in [1.29, 1.82) is 0 Å². The third-order valence-electron chi connectivity index (χ3n) is 6.39. The van der Waals surface area contributed by atoms with Gasteiger partial charge in [-0.05, 0) is 31.7 Å². The monoisotopic (exact) mass is 446 g/mol. The van der Waals surface area contributed by atoms with Crippen molar-refractivity contribution in [2.24, 2.45) is 0 Å². The van der Waals surface area contributed by atoms with Crippen LogP contribution in [0, 0.1) is 0 Å². The Morgan fingerprint density at radius 2 is 1.79 bits per heavy atom. The van der Waals surface area contributed by atoms with Gasteiger partial charge < -0.3 is 19.7 Å². The number of nitrogens with one attached hydrogen (secondary N) is 1. The van der Waals surface area contributed by atoms with Gasteiger partial charge >= 0.3 is 0 Å². The van der Waals surface area contributed by atoms with Crippen LogP contribution in [-0.4, -0.2) is 68.0 Å². The lowest BCUT2D eigenvalue weighted by Gasteiger charge is -2.31. The Labute approximate surface area is 191 Å². The third kappa shape index (κ3) is 4.25. The highest BCUT2D eigenvalue weighted by Crippen LogP contribution is 2.33. The standard InChI is InChI=1S/C23H26N8O2/c1-3-18(4-2-16(1)29-21-13-22-26-14-28-31(22)15-27-21)33-20-12-17(30-7-9-32-10-8-30)11-19-23(20)25-6-5-24-19/h5-6,11-16,18,29H,1-4,7-10H2. The molecule has 33 heavy (non-hydrogen) atoms. The summed E-state index contributed by atoms with van der Waals surface area (Å²) in [7, 11) is 0. The van der Waals surface area contributed by atoms with Gasteiger partial charge in [0.15, 0.2) is 5.65 Å². The van der Waals surface area contributed by atoms with E-state index in [2.05, 4.69) is 47.4 Å². The van der Waals surface area contributed by atoms with Gasteiger partial charge in [-0.2, -0.15) is 5.10 Å². The molecule has 0 unspecified atom stereocenters. The predicted octanol–water partition coefficient (Wildman–Crippen LogP) is 2.71. The molecule has 0 radical (unpaired) electrons. The van der Waals surface area contributed by atoms with E-state index in [0.717, 1.165) is 85.9 Å². The van der Waals surface area contributed by atoms with E-state index in [9.17, 15) is 0 Å². The van der Waals surface area contributed by atoms with Gasteiger partial charge in [-0.15, -0.1) is 0 Å². The smallest absolute Gasteiger partial charge is 0.160 e. The van der Waals surface area contributed by atoms with Crippen molar-refractivity contribution < 1.29 is 9.47 Å². The third-order valence-corrected chi connectivity index (χ3v) is 6.39. The molecule has 2 fully saturated rings. The molecule has 1 aromatic carbocycles. The minimum atomic E-state index is 0.153. The van der Waals surface area contributed by atoms with Crippen molar-refractivity contribution in [3.05, 3.63) is 43.2 Å². The number of ether oxygens (including phenoxy) is 2. The van der Waals surface area contributed by atoms with Crippen LogP contribution in [-0.2, 0) is 4.74 Å². The average Bonchev–Trinajstić information content (AvgIpc) is 3.34. The molecule has 0 spiro atoms. The molecule has 1 saturated heterocycles. The zero-order valence-electron chi connectivity index (χ0n) is 18.3. The second-order valence-corrected chi connectivity index (χ2v) is 8.54. The lowest BCUT2D eigenvalue weighted by Crippen LogP contribution is -2.36. The van der Waals surface area contributed by atoms with Gasteiger partial charge in [-0.3, -0.25) is 4.98 Å². The number of anilines is 2. The molecule has 1 aliphatic heterocycles. The summed E-state index contributed by atoms with van der Waals surface area (Å²) in [6.07, 6.45) is 10.8. The van der Waals surface area contributed by atoms with Crippen LogP contribution in [0.15, 0.2) is 43.2 Å². The first-order valence-electron chi connectivity index (χ1n) is 11.5. The number of nitrogens with zero attached hydrogens (tertiary/aromatic N) is 7. The first kappa shape index (κ1) is 20.1. The maximum atomic E-state index is 6.52. The maximum absolute atomic E-state index is 6.52. The summed E-state index contributed by atoms with van der Waals surface area (Å²) in [6.45, 7) is 3.22. The van der Waals surface area contributed by atoms with E-state index >= 15 is 0 Å². The molecule has 6 rings (SSSR count). The fourth-order valence-corrected chi connectivity index (χ4v) is 4.64. The number of benzene rings is 1. The summed E-state index contributed by atoms with van der Waals surface area (Å²) in [6, 6.07) is 6.50. The topological polar surface area (TPSA) is 103 Å². The number of aromatic nitrogens is 6. The van der Waals surface area contributed by atoms with Crippen molar-refractivity contribution in [2.45, 2.75) is 37.8 Å². The highest BCUT2D eigenvalue weighted by atomic mass is 16.5. The highest BCUT2D eigenvalue weighted by Gasteiger charge is 2.24. The molecule has 0 amide bonds. The van der Waals surface area contributed by atoms with E-state index in [-0.39, 0.29) is 6.10 Å². The second kappa shape index (κ2) is 8.78. The molecule has 3 aromatic heterocycles. The quantitative estimate of drug-likeness (QED) is 0.496. The van der Waals surface area contributed by atoms with Crippen LogP contribution in [0.3, 0.4) is 0 Å². The van der Waals surface area contributed by atoms with Crippen LogP contribution in [0.5, 0.6) is 5.75 Å². The van der Waals surface area contributed by atoms with Crippen LogP contribution in [0.4, 0.5) is 11.5 Å². The van der Waals surface area contributed by atoms with E-state index in [4.69, 9.17) is 9.47 Å². The fourth-order valence-electron chi connectivity index (χ4n) is 4.64. The van der Waals surface area contributed by atoms with Gasteiger partial charge in [-0.1, -0.05) is 0 Å². The van der Waals surface area contributed by atoms with Gasteiger partial charge in [0.25, 0.3) is 0 Å². The van der Waals surface area contributed by atoms with Gasteiger partial charge in [-0.25, -0.2) is 19.5 Å². The number of morpholine rings is 1. The average molecular weight is 447 g/mol. The molecular weight excluding hydrogens is 420 g/mol. The molecule has 2 aliphatic rings. The first-order valence-corrected chi connectivity index (χ1v) is 11.5. The zero-order chi connectivity index (χ0) is 22.0. The SMILES string of the molecule is c1cnc2c(OC3CCC(Nc4cc5ncnn5cn4)CC3)cc(N3CCOCC3)cc2n1. The Kier molecular flexibility index (Phi) is 5.35. The second-order valence-electron chi connectivity index (χ2n) is 8.54. The summed E-state index contributed by atoms with van der Waals surface area (Å²) in [5.41, 5.74) is 3.59. The van der Waals surface area contributed by atoms with E-state index in [1.54, 1.807) is 23.2 Å². The molecule has 0 atom stereocenters. The number of hydrogen-bond donors (Lipinski definition) is 1. The van der Waals surface area contributed by atoms with E-state index in [1.165, 1.54) is 6.33 Å². The van der Waals surface area contributed by atoms with E-state index in [0.29, 0.717) is 6.04 Å². The molecule has 170 valence electrons. The van der Waals surface area contributed by atoms with E-state index < -0.39 is 0 Å². The van der Waals surface area contributed by atoms with Crippen LogP contribution in [0.2, 0.25) is 0 Å². The highest BCUT2D eigenvalue weighted by molar-refractivity contribution is 5.85. The van der Waals surface area contributed by atoms with Gasteiger partial charge in [0.2, 0.25) is 0 Å². The Hall–Kier alpha value is -3.53. The largest absolute Gasteiger partial charge is 0.488 e. The number of fused-ring (bicyclic) bond motifs is 2. The van der Waals surface area contributed by atoms with Gasteiger partial charge in [0.1, 0.15) is 29.7 Å². The molecule has 1 aliphatic carbocycles. The first-order chi connectivity index (χ1) is 16.3. The molecule has 10 nitrogen and oxygen atoms in total. The Bertz CT molecular complexity index is 1250. The lowest BCUT2D eigenvalue weighted by molar-refractivity contribution is 0.122. The summed E-state index contributed by atoms with van der Waals surface area (Å²) >= 11 is 0. The van der Waals surface area contributed by atoms with Crippen LogP contribution in [0.1, 0.15) is 25.7 Å².